The standard InChI is InChI=1S/C10H16N2O2S/c1-3-12-5-9(4-11-12)7-15-6-8(2)10(13)14/h4-5,8H,3,6-7H2,1-2H3,(H,13,14). The number of hydrogen-bond acceptors (Lipinski definition) is 3. The third-order valence-corrected chi connectivity index (χ3v) is 3.34. The van der Waals surface area contributed by atoms with Gasteiger partial charge in [-0.3, -0.25) is 9.48 Å². The molecule has 0 saturated carbocycles. The second-order valence-electron chi connectivity index (χ2n) is 3.46. The molecule has 0 aliphatic rings. The normalized spacial score (nSPS) is 12.7. The minimum Gasteiger partial charge on any atom is -0.481 e. The molecule has 1 aromatic heterocycles. The fourth-order valence-electron chi connectivity index (χ4n) is 1.08. The highest BCUT2D eigenvalue weighted by molar-refractivity contribution is 7.98. The zero-order valence-corrected chi connectivity index (χ0v) is 9.83. The number of aromatic nitrogens is 2. The van der Waals surface area contributed by atoms with Gasteiger partial charge in [0, 0.05) is 24.2 Å². The summed E-state index contributed by atoms with van der Waals surface area (Å²) < 4.78 is 1.87. The number of aryl methyl sites for hydroxylation is 1. The van der Waals surface area contributed by atoms with Gasteiger partial charge in [-0.15, -0.1) is 0 Å². The van der Waals surface area contributed by atoms with Crippen molar-refractivity contribution in [3.63, 3.8) is 0 Å². The summed E-state index contributed by atoms with van der Waals surface area (Å²) in [4.78, 5) is 10.6. The lowest BCUT2D eigenvalue weighted by atomic mass is 10.2. The Labute approximate surface area is 93.7 Å². The molecule has 1 heterocycles. The lowest BCUT2D eigenvalue weighted by Crippen LogP contribution is -2.11. The molecule has 0 radical (unpaired) electrons. The van der Waals surface area contributed by atoms with Crippen LogP contribution in [-0.4, -0.2) is 26.6 Å². The average Bonchev–Trinajstić information content (AvgIpc) is 2.65. The SMILES string of the molecule is CCn1cc(CSCC(C)C(=O)O)cn1. The monoisotopic (exact) mass is 228 g/mol. The number of thioether (sulfide) groups is 1. The van der Waals surface area contributed by atoms with Gasteiger partial charge < -0.3 is 5.11 Å². The first-order chi connectivity index (χ1) is 7.13. The maximum absolute atomic E-state index is 10.6. The van der Waals surface area contributed by atoms with Crippen LogP contribution in [-0.2, 0) is 17.1 Å². The molecule has 0 aliphatic carbocycles. The molecule has 0 fully saturated rings. The van der Waals surface area contributed by atoms with Gasteiger partial charge in [0.25, 0.3) is 0 Å². The predicted molar refractivity (Wildman–Crippen MR) is 60.9 cm³/mol. The van der Waals surface area contributed by atoms with Gasteiger partial charge in [-0.1, -0.05) is 6.92 Å². The number of rotatable bonds is 6. The van der Waals surface area contributed by atoms with Gasteiger partial charge in [-0.05, 0) is 12.5 Å². The Bertz CT molecular complexity index is 325. The lowest BCUT2D eigenvalue weighted by molar-refractivity contribution is -0.140. The van der Waals surface area contributed by atoms with Crippen molar-refractivity contribution in [2.24, 2.45) is 5.92 Å². The lowest BCUT2D eigenvalue weighted by Gasteiger charge is -2.03. The van der Waals surface area contributed by atoms with E-state index in [-0.39, 0.29) is 5.92 Å². The number of carboxylic acids is 1. The molecule has 1 aromatic rings. The summed E-state index contributed by atoms with van der Waals surface area (Å²) in [7, 11) is 0. The highest BCUT2D eigenvalue weighted by atomic mass is 32.2. The molecule has 0 amide bonds. The van der Waals surface area contributed by atoms with Crippen LogP contribution in [0.15, 0.2) is 12.4 Å². The summed E-state index contributed by atoms with van der Waals surface area (Å²) in [5.41, 5.74) is 1.15. The minimum atomic E-state index is -0.730. The van der Waals surface area contributed by atoms with Crippen molar-refractivity contribution in [2.75, 3.05) is 5.75 Å². The first-order valence-corrected chi connectivity index (χ1v) is 6.10. The van der Waals surface area contributed by atoms with E-state index in [1.165, 1.54) is 0 Å². The van der Waals surface area contributed by atoms with E-state index in [2.05, 4.69) is 5.10 Å². The number of nitrogens with zero attached hydrogens (tertiary/aromatic N) is 2. The number of aliphatic carboxylic acids is 1. The maximum atomic E-state index is 10.6. The van der Waals surface area contributed by atoms with Gasteiger partial charge in [-0.2, -0.15) is 16.9 Å². The van der Waals surface area contributed by atoms with Crippen molar-refractivity contribution < 1.29 is 9.90 Å². The summed E-state index contributed by atoms with van der Waals surface area (Å²) >= 11 is 1.63. The van der Waals surface area contributed by atoms with Crippen molar-refractivity contribution in [1.82, 2.24) is 9.78 Å². The molecule has 15 heavy (non-hydrogen) atoms. The van der Waals surface area contributed by atoms with Crippen LogP contribution in [0.3, 0.4) is 0 Å². The van der Waals surface area contributed by atoms with E-state index in [0.29, 0.717) is 5.75 Å². The summed E-state index contributed by atoms with van der Waals surface area (Å²) in [5, 5.41) is 12.8. The quantitative estimate of drug-likeness (QED) is 0.807. The molecule has 4 nitrogen and oxygen atoms in total. The van der Waals surface area contributed by atoms with Crippen LogP contribution >= 0.6 is 11.8 Å². The molecule has 0 bridgehead atoms. The number of carbonyl (C=O) groups is 1. The Morgan fingerprint density at radius 2 is 2.47 bits per heavy atom. The van der Waals surface area contributed by atoms with Crippen molar-refractivity contribution in [2.45, 2.75) is 26.1 Å². The van der Waals surface area contributed by atoms with E-state index < -0.39 is 5.97 Å². The van der Waals surface area contributed by atoms with E-state index in [1.54, 1.807) is 18.7 Å². The van der Waals surface area contributed by atoms with E-state index in [4.69, 9.17) is 5.11 Å². The second-order valence-corrected chi connectivity index (χ2v) is 4.49. The first kappa shape index (κ1) is 12.1. The minimum absolute atomic E-state index is 0.281. The molecule has 5 heteroatoms. The van der Waals surface area contributed by atoms with E-state index >= 15 is 0 Å². The molecular weight excluding hydrogens is 212 g/mol. The van der Waals surface area contributed by atoms with E-state index in [9.17, 15) is 4.79 Å². The Morgan fingerprint density at radius 3 is 3.00 bits per heavy atom. The zero-order chi connectivity index (χ0) is 11.3. The number of carboxylic acid groups (broad SMARTS) is 1. The van der Waals surface area contributed by atoms with Crippen molar-refractivity contribution in [3.8, 4) is 0 Å². The maximum Gasteiger partial charge on any atom is 0.307 e. The average molecular weight is 228 g/mol. The third kappa shape index (κ3) is 3.95. The van der Waals surface area contributed by atoms with E-state index in [1.807, 2.05) is 24.0 Å². The van der Waals surface area contributed by atoms with Crippen LogP contribution in [0.1, 0.15) is 19.4 Å². The molecule has 1 rings (SSSR count). The second kappa shape index (κ2) is 5.80. The zero-order valence-electron chi connectivity index (χ0n) is 9.01. The largest absolute Gasteiger partial charge is 0.481 e. The van der Waals surface area contributed by atoms with Gasteiger partial charge in [-0.25, -0.2) is 0 Å². The molecule has 0 spiro atoms. The number of hydrogen-bond donors (Lipinski definition) is 1. The molecule has 1 atom stereocenters. The van der Waals surface area contributed by atoms with Gasteiger partial charge in [0.05, 0.1) is 12.1 Å². The smallest absolute Gasteiger partial charge is 0.307 e. The Morgan fingerprint density at radius 1 is 1.73 bits per heavy atom. The van der Waals surface area contributed by atoms with Crippen LogP contribution in [0.5, 0.6) is 0 Å². The summed E-state index contributed by atoms with van der Waals surface area (Å²) in [6.07, 6.45) is 3.83. The summed E-state index contributed by atoms with van der Waals surface area (Å²) in [6.45, 7) is 4.64. The predicted octanol–water partition coefficient (Wildman–Crippen LogP) is 1.86. The van der Waals surface area contributed by atoms with Crippen LogP contribution in [0, 0.1) is 5.92 Å². The topological polar surface area (TPSA) is 55.1 Å². The Balaban J connectivity index is 2.28. The van der Waals surface area contributed by atoms with Gasteiger partial charge >= 0.3 is 5.97 Å². The molecule has 1 N–H and O–H groups in total. The van der Waals surface area contributed by atoms with E-state index in [0.717, 1.165) is 17.9 Å². The van der Waals surface area contributed by atoms with Gasteiger partial charge in [0.1, 0.15) is 0 Å². The van der Waals surface area contributed by atoms with Crippen molar-refractivity contribution in [1.29, 1.82) is 0 Å². The first-order valence-electron chi connectivity index (χ1n) is 4.95. The molecule has 1 unspecified atom stereocenters. The van der Waals surface area contributed by atoms with Gasteiger partial charge in [0.2, 0.25) is 0 Å². The van der Waals surface area contributed by atoms with Crippen molar-refractivity contribution in [3.05, 3.63) is 18.0 Å². The fraction of sp³-hybridized carbons (Fsp3) is 0.600. The molecular formula is C10H16N2O2S. The molecule has 0 saturated heterocycles. The summed E-state index contributed by atoms with van der Waals surface area (Å²) in [6, 6.07) is 0. The third-order valence-electron chi connectivity index (χ3n) is 2.07. The Kier molecular flexibility index (Phi) is 4.68. The van der Waals surface area contributed by atoms with Crippen LogP contribution in [0.2, 0.25) is 0 Å². The highest BCUT2D eigenvalue weighted by Crippen LogP contribution is 2.15. The molecule has 84 valence electrons. The van der Waals surface area contributed by atoms with Crippen molar-refractivity contribution >= 4 is 17.7 Å². The fourth-order valence-corrected chi connectivity index (χ4v) is 2.08. The van der Waals surface area contributed by atoms with Crippen LogP contribution in [0.4, 0.5) is 0 Å². The van der Waals surface area contributed by atoms with Gasteiger partial charge in [0.15, 0.2) is 0 Å². The van der Waals surface area contributed by atoms with Crippen LogP contribution in [0.25, 0.3) is 0 Å². The molecule has 0 aliphatic heterocycles. The van der Waals surface area contributed by atoms with Crippen LogP contribution < -0.4 is 0 Å². The summed E-state index contributed by atoms with van der Waals surface area (Å²) in [5.74, 6) is 0.465. The highest BCUT2D eigenvalue weighted by Gasteiger charge is 2.10. The Hall–Kier alpha value is -0.970. The molecule has 0 aromatic carbocycles.